The summed E-state index contributed by atoms with van der Waals surface area (Å²) >= 11 is 0. The molecule has 98 valence electrons. The molecular formula is C12H17N3O3. The molecule has 0 aliphatic carbocycles. The van der Waals surface area contributed by atoms with Crippen LogP contribution in [-0.4, -0.2) is 41.5 Å². The van der Waals surface area contributed by atoms with Gasteiger partial charge in [-0.15, -0.1) is 0 Å². The van der Waals surface area contributed by atoms with E-state index in [0.29, 0.717) is 13.1 Å². The average Bonchev–Trinajstić information content (AvgIpc) is 2.39. The Balaban J connectivity index is 2.48. The highest BCUT2D eigenvalue weighted by molar-refractivity contribution is 5.97. The van der Waals surface area contributed by atoms with Crippen LogP contribution in [0.1, 0.15) is 25.7 Å². The largest absolute Gasteiger partial charge is 0.481 e. The number of carbonyl (C=O) groups excluding carboxylic acids is 1. The van der Waals surface area contributed by atoms with Crippen LogP contribution in [0.25, 0.3) is 0 Å². The van der Waals surface area contributed by atoms with Crippen LogP contribution in [0.2, 0.25) is 0 Å². The number of rotatable bonds is 5. The lowest BCUT2D eigenvalue weighted by molar-refractivity contribution is -0.136. The van der Waals surface area contributed by atoms with Crippen molar-refractivity contribution in [2.75, 3.05) is 19.6 Å². The Hall–Kier alpha value is -2.03. The summed E-state index contributed by atoms with van der Waals surface area (Å²) in [7, 11) is 0. The predicted octanol–water partition coefficient (Wildman–Crippen LogP) is 0.471. The minimum Gasteiger partial charge on any atom is -0.481 e. The fourth-order valence-corrected chi connectivity index (χ4v) is 1.76. The van der Waals surface area contributed by atoms with Crippen molar-refractivity contribution in [2.24, 2.45) is 0 Å². The van der Waals surface area contributed by atoms with Gasteiger partial charge in [-0.25, -0.2) is 0 Å². The summed E-state index contributed by atoms with van der Waals surface area (Å²) in [6, 6.07) is 1.85. The highest BCUT2D eigenvalue weighted by atomic mass is 16.4. The van der Waals surface area contributed by atoms with Gasteiger partial charge in [-0.1, -0.05) is 0 Å². The molecule has 1 aliphatic rings. The fourth-order valence-electron chi connectivity index (χ4n) is 1.76. The quantitative estimate of drug-likeness (QED) is 0.421. The van der Waals surface area contributed by atoms with Crippen LogP contribution in [-0.2, 0) is 9.59 Å². The van der Waals surface area contributed by atoms with E-state index in [1.165, 1.54) is 6.20 Å². The van der Waals surface area contributed by atoms with Crippen molar-refractivity contribution >= 4 is 11.9 Å². The summed E-state index contributed by atoms with van der Waals surface area (Å²) in [5, 5.41) is 20.0. The first kappa shape index (κ1) is 14.0. The van der Waals surface area contributed by atoms with E-state index in [9.17, 15) is 9.59 Å². The zero-order valence-electron chi connectivity index (χ0n) is 10.2. The molecule has 0 aromatic rings. The maximum Gasteiger partial charge on any atom is 0.305 e. The molecule has 6 heteroatoms. The number of hydrogen-bond donors (Lipinski definition) is 2. The molecule has 1 aliphatic heterocycles. The van der Waals surface area contributed by atoms with Crippen LogP contribution < -0.4 is 5.32 Å². The predicted molar refractivity (Wildman–Crippen MR) is 64.4 cm³/mol. The Morgan fingerprint density at radius 1 is 1.33 bits per heavy atom. The number of aliphatic carboxylic acids is 1. The Kier molecular flexibility index (Phi) is 5.71. The number of amides is 1. The molecule has 0 bridgehead atoms. The smallest absolute Gasteiger partial charge is 0.305 e. The van der Waals surface area contributed by atoms with E-state index in [4.69, 9.17) is 10.4 Å². The maximum absolute atomic E-state index is 11.9. The molecule has 0 aromatic heterocycles. The average molecular weight is 251 g/mol. The Bertz CT molecular complexity index is 379. The molecule has 0 radical (unpaired) electrons. The second-order valence-electron chi connectivity index (χ2n) is 4.12. The number of nitrogens with one attached hydrogen (secondary N) is 1. The van der Waals surface area contributed by atoms with E-state index >= 15 is 0 Å². The minimum absolute atomic E-state index is 0.0299. The monoisotopic (exact) mass is 251 g/mol. The van der Waals surface area contributed by atoms with Crippen molar-refractivity contribution in [3.63, 3.8) is 0 Å². The molecule has 1 amide bonds. The normalized spacial score (nSPS) is 15.9. The van der Waals surface area contributed by atoms with Crippen molar-refractivity contribution in [3.8, 4) is 6.07 Å². The summed E-state index contributed by atoms with van der Waals surface area (Å²) in [6.45, 7) is 1.58. The van der Waals surface area contributed by atoms with Crippen LogP contribution in [0.4, 0.5) is 0 Å². The molecule has 1 rings (SSSR count). The maximum atomic E-state index is 11.9. The van der Waals surface area contributed by atoms with E-state index in [2.05, 4.69) is 5.32 Å². The number of nitrogens with zero attached hydrogens (tertiary/aromatic N) is 2. The van der Waals surface area contributed by atoms with Gasteiger partial charge in [-0.05, 0) is 19.3 Å². The topological polar surface area (TPSA) is 93.4 Å². The van der Waals surface area contributed by atoms with Crippen molar-refractivity contribution in [3.05, 3.63) is 11.8 Å². The molecule has 0 atom stereocenters. The third-order valence-corrected chi connectivity index (χ3v) is 2.72. The summed E-state index contributed by atoms with van der Waals surface area (Å²) in [5.41, 5.74) is 0.0299. The van der Waals surface area contributed by atoms with E-state index in [1.54, 1.807) is 4.90 Å². The van der Waals surface area contributed by atoms with Crippen molar-refractivity contribution in [1.82, 2.24) is 10.2 Å². The number of nitriles is 1. The third kappa shape index (κ3) is 4.45. The highest BCUT2D eigenvalue weighted by Gasteiger charge is 2.19. The SMILES string of the molecule is N#C/C(=C/NCCC(=O)O)C(=O)N1CCCCC1. The molecule has 0 unspecified atom stereocenters. The van der Waals surface area contributed by atoms with Gasteiger partial charge in [0, 0.05) is 25.8 Å². The fraction of sp³-hybridized carbons (Fsp3) is 0.583. The summed E-state index contributed by atoms with van der Waals surface area (Å²) < 4.78 is 0. The van der Waals surface area contributed by atoms with Crippen LogP contribution in [0.5, 0.6) is 0 Å². The lowest BCUT2D eigenvalue weighted by Gasteiger charge is -2.26. The van der Waals surface area contributed by atoms with E-state index in [0.717, 1.165) is 19.3 Å². The van der Waals surface area contributed by atoms with Crippen molar-refractivity contribution < 1.29 is 14.7 Å². The number of likely N-dealkylation sites (tertiary alicyclic amines) is 1. The number of carboxylic acids is 1. The second-order valence-corrected chi connectivity index (χ2v) is 4.12. The first-order valence-electron chi connectivity index (χ1n) is 6.00. The van der Waals surface area contributed by atoms with Crippen molar-refractivity contribution in [2.45, 2.75) is 25.7 Å². The molecule has 0 spiro atoms. The van der Waals surface area contributed by atoms with Gasteiger partial charge in [0.05, 0.1) is 6.42 Å². The standard InChI is InChI=1S/C12H17N3O3/c13-8-10(9-14-5-4-11(16)17)12(18)15-6-2-1-3-7-15/h9,14H,1-7H2,(H,16,17)/b10-9-. The Morgan fingerprint density at radius 2 is 2.00 bits per heavy atom. The molecule has 2 N–H and O–H groups in total. The van der Waals surface area contributed by atoms with Gasteiger partial charge < -0.3 is 15.3 Å². The van der Waals surface area contributed by atoms with Crippen LogP contribution in [0, 0.1) is 11.3 Å². The van der Waals surface area contributed by atoms with Gasteiger partial charge in [0.15, 0.2) is 0 Å². The molecule has 1 fully saturated rings. The van der Waals surface area contributed by atoms with E-state index in [1.807, 2.05) is 6.07 Å². The third-order valence-electron chi connectivity index (χ3n) is 2.72. The molecule has 18 heavy (non-hydrogen) atoms. The molecule has 1 heterocycles. The zero-order chi connectivity index (χ0) is 13.4. The van der Waals surface area contributed by atoms with E-state index in [-0.39, 0.29) is 24.4 Å². The second kappa shape index (κ2) is 7.33. The minimum atomic E-state index is -0.920. The van der Waals surface area contributed by atoms with Gasteiger partial charge in [-0.3, -0.25) is 9.59 Å². The summed E-state index contributed by atoms with van der Waals surface area (Å²) in [6.07, 6.45) is 4.31. The van der Waals surface area contributed by atoms with Gasteiger partial charge in [0.25, 0.3) is 5.91 Å². The number of hydrogen-bond acceptors (Lipinski definition) is 4. The number of piperidine rings is 1. The van der Waals surface area contributed by atoms with Gasteiger partial charge in [0.1, 0.15) is 11.6 Å². The molecule has 0 saturated carbocycles. The first-order chi connectivity index (χ1) is 8.65. The lowest BCUT2D eigenvalue weighted by Crippen LogP contribution is -2.36. The number of carbonyl (C=O) groups is 2. The molecule has 1 saturated heterocycles. The molecular weight excluding hydrogens is 234 g/mol. The first-order valence-corrected chi connectivity index (χ1v) is 6.00. The molecule has 0 aromatic carbocycles. The van der Waals surface area contributed by atoms with Gasteiger partial charge >= 0.3 is 5.97 Å². The van der Waals surface area contributed by atoms with Gasteiger partial charge in [0.2, 0.25) is 0 Å². The van der Waals surface area contributed by atoms with Crippen LogP contribution >= 0.6 is 0 Å². The van der Waals surface area contributed by atoms with Crippen LogP contribution in [0.15, 0.2) is 11.8 Å². The lowest BCUT2D eigenvalue weighted by atomic mass is 10.1. The Labute approximate surface area is 106 Å². The summed E-state index contributed by atoms with van der Waals surface area (Å²) in [4.78, 5) is 23.9. The number of carboxylic acid groups (broad SMARTS) is 1. The molecule has 6 nitrogen and oxygen atoms in total. The Morgan fingerprint density at radius 3 is 2.56 bits per heavy atom. The van der Waals surface area contributed by atoms with E-state index < -0.39 is 5.97 Å². The summed E-state index contributed by atoms with van der Waals surface area (Å²) in [5.74, 6) is -1.20. The zero-order valence-corrected chi connectivity index (χ0v) is 10.2. The van der Waals surface area contributed by atoms with Crippen LogP contribution in [0.3, 0.4) is 0 Å². The van der Waals surface area contributed by atoms with Crippen molar-refractivity contribution in [1.29, 1.82) is 5.26 Å². The highest BCUT2D eigenvalue weighted by Crippen LogP contribution is 2.11. The van der Waals surface area contributed by atoms with Gasteiger partial charge in [-0.2, -0.15) is 5.26 Å².